The summed E-state index contributed by atoms with van der Waals surface area (Å²) in [5.41, 5.74) is 3.26. The van der Waals surface area contributed by atoms with Crippen LogP contribution in [-0.2, 0) is 6.54 Å². The smallest absolute Gasteiger partial charge is 0.337 e. The number of nitrogens with zero attached hydrogens (tertiary/aromatic N) is 3. The number of carboxylic acids is 1. The molecule has 0 bridgehead atoms. The first kappa shape index (κ1) is 17.0. The SMILES string of the molecule is CC(C)Cn1cnc2c(Nc3ccccc3C(=O)O)nc3ccccc3c21. The van der Waals surface area contributed by atoms with Crippen molar-refractivity contribution >= 4 is 39.4 Å². The maximum Gasteiger partial charge on any atom is 0.337 e. The molecule has 0 amide bonds. The second-order valence-corrected chi connectivity index (χ2v) is 6.94. The number of hydrogen-bond acceptors (Lipinski definition) is 4. The van der Waals surface area contributed by atoms with Gasteiger partial charge in [-0.15, -0.1) is 0 Å². The molecule has 0 saturated heterocycles. The Kier molecular flexibility index (Phi) is 4.24. The van der Waals surface area contributed by atoms with Gasteiger partial charge in [0.2, 0.25) is 0 Å². The maximum atomic E-state index is 11.5. The summed E-state index contributed by atoms with van der Waals surface area (Å²) in [6.07, 6.45) is 1.83. The Morgan fingerprint density at radius 2 is 1.89 bits per heavy atom. The predicted octanol–water partition coefficient (Wildman–Crippen LogP) is 4.68. The predicted molar refractivity (Wildman–Crippen MR) is 107 cm³/mol. The summed E-state index contributed by atoms with van der Waals surface area (Å²) in [6, 6.07) is 14.7. The van der Waals surface area contributed by atoms with Crippen LogP contribution >= 0.6 is 0 Å². The second kappa shape index (κ2) is 6.72. The topological polar surface area (TPSA) is 80.0 Å². The Bertz CT molecular complexity index is 1150. The van der Waals surface area contributed by atoms with Crippen molar-refractivity contribution < 1.29 is 9.90 Å². The standard InChI is InChI=1S/C21H20N4O2/c1-13(2)11-25-12-22-18-19(25)14-7-3-5-9-16(14)23-20(18)24-17-10-6-4-8-15(17)21(26)27/h3-10,12-13H,11H2,1-2H3,(H,23,24)(H,26,27). The number of aromatic carboxylic acids is 1. The molecule has 0 fully saturated rings. The van der Waals surface area contributed by atoms with E-state index in [1.54, 1.807) is 24.3 Å². The van der Waals surface area contributed by atoms with Gasteiger partial charge in [-0.3, -0.25) is 0 Å². The number of rotatable bonds is 5. The lowest BCUT2D eigenvalue weighted by Crippen LogP contribution is -2.05. The Morgan fingerprint density at radius 1 is 1.15 bits per heavy atom. The maximum absolute atomic E-state index is 11.5. The number of carboxylic acid groups (broad SMARTS) is 1. The van der Waals surface area contributed by atoms with E-state index in [4.69, 9.17) is 4.98 Å². The fourth-order valence-corrected chi connectivity index (χ4v) is 3.31. The number of para-hydroxylation sites is 2. The zero-order valence-electron chi connectivity index (χ0n) is 15.2. The average molecular weight is 360 g/mol. The van der Waals surface area contributed by atoms with E-state index in [-0.39, 0.29) is 5.56 Å². The van der Waals surface area contributed by atoms with Crippen LogP contribution in [0.15, 0.2) is 54.9 Å². The minimum absolute atomic E-state index is 0.197. The largest absolute Gasteiger partial charge is 0.478 e. The van der Waals surface area contributed by atoms with Crippen LogP contribution in [0.5, 0.6) is 0 Å². The third kappa shape index (κ3) is 3.10. The van der Waals surface area contributed by atoms with Gasteiger partial charge in [0.1, 0.15) is 5.52 Å². The van der Waals surface area contributed by atoms with Gasteiger partial charge in [-0.1, -0.05) is 44.2 Å². The summed E-state index contributed by atoms with van der Waals surface area (Å²) >= 11 is 0. The van der Waals surface area contributed by atoms with Crippen LogP contribution in [0.2, 0.25) is 0 Å². The molecule has 0 aliphatic carbocycles. The van der Waals surface area contributed by atoms with E-state index in [0.29, 0.717) is 17.4 Å². The van der Waals surface area contributed by atoms with Gasteiger partial charge < -0.3 is 15.0 Å². The highest BCUT2D eigenvalue weighted by Crippen LogP contribution is 2.31. The Morgan fingerprint density at radius 3 is 2.67 bits per heavy atom. The molecule has 0 unspecified atom stereocenters. The quantitative estimate of drug-likeness (QED) is 0.540. The van der Waals surface area contributed by atoms with Gasteiger partial charge in [0.15, 0.2) is 5.82 Å². The molecule has 27 heavy (non-hydrogen) atoms. The molecule has 2 aromatic carbocycles. The van der Waals surface area contributed by atoms with E-state index in [2.05, 4.69) is 28.7 Å². The van der Waals surface area contributed by atoms with Crippen molar-refractivity contribution in [1.29, 1.82) is 0 Å². The molecular formula is C21H20N4O2. The first-order valence-corrected chi connectivity index (χ1v) is 8.87. The highest BCUT2D eigenvalue weighted by molar-refractivity contribution is 6.07. The normalized spacial score (nSPS) is 11.4. The van der Waals surface area contributed by atoms with Crippen LogP contribution in [0.3, 0.4) is 0 Å². The average Bonchev–Trinajstić information content (AvgIpc) is 3.06. The van der Waals surface area contributed by atoms with Gasteiger partial charge in [-0.25, -0.2) is 14.8 Å². The van der Waals surface area contributed by atoms with Crippen molar-refractivity contribution in [2.75, 3.05) is 5.32 Å². The number of aromatic nitrogens is 3. The van der Waals surface area contributed by atoms with Gasteiger partial charge in [-0.05, 0) is 24.1 Å². The third-order valence-corrected chi connectivity index (χ3v) is 4.43. The molecular weight excluding hydrogens is 340 g/mol. The third-order valence-electron chi connectivity index (χ3n) is 4.43. The summed E-state index contributed by atoms with van der Waals surface area (Å²) in [6.45, 7) is 5.17. The summed E-state index contributed by atoms with van der Waals surface area (Å²) < 4.78 is 2.14. The molecule has 4 rings (SSSR count). The summed E-state index contributed by atoms with van der Waals surface area (Å²) in [5, 5.41) is 13.7. The van der Waals surface area contributed by atoms with Gasteiger partial charge in [-0.2, -0.15) is 0 Å². The van der Waals surface area contributed by atoms with Crippen LogP contribution in [0.1, 0.15) is 24.2 Å². The number of imidazole rings is 1. The molecule has 0 radical (unpaired) electrons. The van der Waals surface area contributed by atoms with Crippen molar-refractivity contribution in [3.63, 3.8) is 0 Å². The van der Waals surface area contributed by atoms with E-state index in [0.717, 1.165) is 28.5 Å². The Balaban J connectivity index is 1.93. The number of benzene rings is 2. The van der Waals surface area contributed by atoms with E-state index >= 15 is 0 Å². The summed E-state index contributed by atoms with van der Waals surface area (Å²) in [4.78, 5) is 20.8. The molecule has 6 nitrogen and oxygen atoms in total. The van der Waals surface area contributed by atoms with Crippen molar-refractivity contribution in [2.45, 2.75) is 20.4 Å². The highest BCUT2D eigenvalue weighted by Gasteiger charge is 2.16. The monoisotopic (exact) mass is 360 g/mol. The van der Waals surface area contributed by atoms with Gasteiger partial charge in [0, 0.05) is 11.9 Å². The van der Waals surface area contributed by atoms with Crippen LogP contribution < -0.4 is 5.32 Å². The van der Waals surface area contributed by atoms with Crippen molar-refractivity contribution in [1.82, 2.24) is 14.5 Å². The fourth-order valence-electron chi connectivity index (χ4n) is 3.31. The minimum Gasteiger partial charge on any atom is -0.478 e. The van der Waals surface area contributed by atoms with E-state index in [9.17, 15) is 9.90 Å². The molecule has 2 aromatic heterocycles. The summed E-state index contributed by atoms with van der Waals surface area (Å²) in [5.74, 6) is 0.0406. The van der Waals surface area contributed by atoms with Crippen LogP contribution in [0.25, 0.3) is 21.9 Å². The first-order valence-electron chi connectivity index (χ1n) is 8.87. The fraction of sp³-hybridized carbons (Fsp3) is 0.190. The zero-order valence-corrected chi connectivity index (χ0v) is 15.2. The number of pyridine rings is 1. The molecule has 0 saturated carbocycles. The number of nitrogens with one attached hydrogen (secondary N) is 1. The molecule has 4 aromatic rings. The summed E-state index contributed by atoms with van der Waals surface area (Å²) in [7, 11) is 0. The molecule has 6 heteroatoms. The van der Waals surface area contributed by atoms with Gasteiger partial charge in [0.05, 0.1) is 28.6 Å². The molecule has 2 heterocycles. The highest BCUT2D eigenvalue weighted by atomic mass is 16.4. The lowest BCUT2D eigenvalue weighted by Gasteiger charge is -2.13. The van der Waals surface area contributed by atoms with Gasteiger partial charge in [0.25, 0.3) is 0 Å². The number of fused-ring (bicyclic) bond motifs is 3. The van der Waals surface area contributed by atoms with Crippen LogP contribution in [-0.4, -0.2) is 25.6 Å². The van der Waals surface area contributed by atoms with Crippen molar-refractivity contribution in [3.8, 4) is 0 Å². The molecule has 2 N–H and O–H groups in total. The molecule has 0 atom stereocenters. The van der Waals surface area contributed by atoms with Crippen LogP contribution in [0, 0.1) is 5.92 Å². The minimum atomic E-state index is -0.986. The molecule has 0 spiro atoms. The second-order valence-electron chi connectivity index (χ2n) is 6.94. The first-order chi connectivity index (χ1) is 13.0. The van der Waals surface area contributed by atoms with Crippen LogP contribution in [0.4, 0.5) is 11.5 Å². The molecule has 0 aliphatic heterocycles. The lowest BCUT2D eigenvalue weighted by molar-refractivity contribution is 0.0698. The van der Waals surface area contributed by atoms with Crippen molar-refractivity contribution in [2.24, 2.45) is 5.92 Å². The number of hydrogen-bond donors (Lipinski definition) is 2. The van der Waals surface area contributed by atoms with E-state index < -0.39 is 5.97 Å². The zero-order chi connectivity index (χ0) is 19.0. The van der Waals surface area contributed by atoms with Gasteiger partial charge >= 0.3 is 5.97 Å². The number of anilines is 2. The van der Waals surface area contributed by atoms with Crippen molar-refractivity contribution in [3.05, 3.63) is 60.4 Å². The molecule has 0 aliphatic rings. The number of carbonyl (C=O) groups is 1. The van der Waals surface area contributed by atoms with E-state index in [1.165, 1.54) is 0 Å². The Labute approximate surface area is 156 Å². The lowest BCUT2D eigenvalue weighted by atomic mass is 10.1. The molecule has 136 valence electrons. The van der Waals surface area contributed by atoms with E-state index in [1.807, 2.05) is 30.6 Å². The Hall–Kier alpha value is -3.41.